The number of anilines is 1. The number of rotatable bonds is 7. The first-order valence-electron chi connectivity index (χ1n) is 6.62. The second kappa shape index (κ2) is 7.36. The Labute approximate surface area is 138 Å². The van der Waals surface area contributed by atoms with E-state index in [0.29, 0.717) is 35.2 Å². The molecule has 120 valence electrons. The highest BCUT2D eigenvalue weighted by Crippen LogP contribution is 2.25. The number of sulfonamides is 1. The topological polar surface area (TPSA) is 81.2 Å². The highest BCUT2D eigenvalue weighted by Gasteiger charge is 2.20. The summed E-state index contributed by atoms with van der Waals surface area (Å²) in [5.74, 6) is 0. The molecule has 0 amide bonds. The van der Waals surface area contributed by atoms with Gasteiger partial charge in [-0.1, -0.05) is 29.0 Å². The Morgan fingerprint density at radius 2 is 2.14 bits per heavy atom. The smallest absolute Gasteiger partial charge is 0.264 e. The molecule has 0 spiro atoms. The molecule has 0 fully saturated rings. The highest BCUT2D eigenvalue weighted by molar-refractivity contribution is 7.93. The van der Waals surface area contributed by atoms with Crippen LogP contribution in [0.15, 0.2) is 23.1 Å². The second-order valence-electron chi connectivity index (χ2n) is 4.42. The van der Waals surface area contributed by atoms with Crippen molar-refractivity contribution < 1.29 is 13.2 Å². The van der Waals surface area contributed by atoms with Crippen molar-refractivity contribution in [2.24, 2.45) is 0 Å². The predicted molar refractivity (Wildman–Crippen MR) is 87.1 cm³/mol. The Morgan fingerprint density at radius 1 is 1.36 bits per heavy atom. The molecule has 0 bridgehead atoms. The normalized spacial score (nSPS) is 11.6. The second-order valence-corrected chi connectivity index (χ2v) is 7.54. The molecule has 0 aliphatic rings. The molecule has 1 heterocycles. The Balaban J connectivity index is 2.14. The summed E-state index contributed by atoms with van der Waals surface area (Å²) in [5.41, 5.74) is 0.498. The van der Waals surface area contributed by atoms with Crippen LogP contribution in [0.1, 0.15) is 17.5 Å². The number of halogens is 1. The first-order valence-corrected chi connectivity index (χ1v) is 9.30. The van der Waals surface area contributed by atoms with Gasteiger partial charge in [0.1, 0.15) is 5.01 Å². The number of hydrogen-bond donors (Lipinski definition) is 1. The van der Waals surface area contributed by atoms with Gasteiger partial charge in [-0.2, -0.15) is 0 Å². The van der Waals surface area contributed by atoms with Crippen LogP contribution in [0.4, 0.5) is 5.13 Å². The van der Waals surface area contributed by atoms with Crippen LogP contribution < -0.4 is 4.72 Å². The van der Waals surface area contributed by atoms with E-state index in [-0.39, 0.29) is 10.0 Å². The first-order chi connectivity index (χ1) is 10.4. The van der Waals surface area contributed by atoms with Gasteiger partial charge in [-0.05, 0) is 31.5 Å². The fourth-order valence-corrected chi connectivity index (χ4v) is 4.20. The molecule has 0 saturated carbocycles. The van der Waals surface area contributed by atoms with E-state index >= 15 is 0 Å². The van der Waals surface area contributed by atoms with Crippen LogP contribution in [0.25, 0.3) is 0 Å². The van der Waals surface area contributed by atoms with Crippen molar-refractivity contribution >= 4 is 38.1 Å². The summed E-state index contributed by atoms with van der Waals surface area (Å²) in [5, 5.41) is 9.13. The molecular weight excluding hydrogens is 346 g/mol. The molecular formula is C13H16ClN3O3S2. The Kier molecular flexibility index (Phi) is 5.74. The highest BCUT2D eigenvalue weighted by atomic mass is 35.5. The third-order valence-electron chi connectivity index (χ3n) is 2.86. The third kappa shape index (κ3) is 4.16. The van der Waals surface area contributed by atoms with Gasteiger partial charge in [-0.15, -0.1) is 10.2 Å². The molecule has 0 saturated heterocycles. The first kappa shape index (κ1) is 17.1. The van der Waals surface area contributed by atoms with Gasteiger partial charge in [0, 0.05) is 18.1 Å². The maximum Gasteiger partial charge on any atom is 0.264 e. The summed E-state index contributed by atoms with van der Waals surface area (Å²) >= 11 is 7.16. The van der Waals surface area contributed by atoms with Gasteiger partial charge < -0.3 is 4.74 Å². The van der Waals surface area contributed by atoms with Gasteiger partial charge in [0.15, 0.2) is 0 Å². The van der Waals surface area contributed by atoms with Crippen LogP contribution in [-0.2, 0) is 21.2 Å². The summed E-state index contributed by atoms with van der Waals surface area (Å²) < 4.78 is 32.4. The Hall–Kier alpha value is -1.22. The SMILES string of the molecule is CCOCCc1nnc(NS(=O)(=O)c2cccc(Cl)c2C)s1. The van der Waals surface area contributed by atoms with Gasteiger partial charge in [-0.3, -0.25) is 4.72 Å². The molecule has 2 rings (SSSR count). The van der Waals surface area contributed by atoms with Crippen molar-refractivity contribution in [3.05, 3.63) is 33.8 Å². The van der Waals surface area contributed by atoms with Crippen LogP contribution >= 0.6 is 22.9 Å². The minimum absolute atomic E-state index is 0.131. The zero-order valence-electron chi connectivity index (χ0n) is 12.2. The molecule has 2 aromatic rings. The Bertz CT molecular complexity index is 747. The lowest BCUT2D eigenvalue weighted by atomic mass is 10.2. The number of benzene rings is 1. The van der Waals surface area contributed by atoms with Crippen molar-refractivity contribution in [3.8, 4) is 0 Å². The zero-order valence-corrected chi connectivity index (χ0v) is 14.6. The van der Waals surface area contributed by atoms with E-state index < -0.39 is 10.0 Å². The predicted octanol–water partition coefficient (Wildman–Crippen LogP) is 2.88. The molecule has 22 heavy (non-hydrogen) atoms. The van der Waals surface area contributed by atoms with E-state index in [4.69, 9.17) is 16.3 Å². The number of aromatic nitrogens is 2. The van der Waals surface area contributed by atoms with Crippen LogP contribution in [0, 0.1) is 6.92 Å². The summed E-state index contributed by atoms with van der Waals surface area (Å²) in [6, 6.07) is 4.74. The minimum atomic E-state index is -3.74. The van der Waals surface area contributed by atoms with Gasteiger partial charge >= 0.3 is 0 Å². The molecule has 0 aliphatic carbocycles. The Morgan fingerprint density at radius 3 is 2.86 bits per heavy atom. The van der Waals surface area contributed by atoms with E-state index in [9.17, 15) is 8.42 Å². The van der Waals surface area contributed by atoms with E-state index in [1.54, 1.807) is 19.1 Å². The van der Waals surface area contributed by atoms with Crippen molar-refractivity contribution in [2.75, 3.05) is 17.9 Å². The summed E-state index contributed by atoms with van der Waals surface area (Å²) in [7, 11) is -3.74. The summed E-state index contributed by atoms with van der Waals surface area (Å²) in [4.78, 5) is 0.131. The van der Waals surface area contributed by atoms with Crippen LogP contribution in [0.2, 0.25) is 5.02 Å². The number of nitrogens with zero attached hydrogens (tertiary/aromatic N) is 2. The van der Waals surface area contributed by atoms with Gasteiger partial charge in [0.25, 0.3) is 10.0 Å². The quantitative estimate of drug-likeness (QED) is 0.767. The van der Waals surface area contributed by atoms with Crippen LogP contribution in [0.3, 0.4) is 0 Å². The molecule has 0 aliphatic heterocycles. The lowest BCUT2D eigenvalue weighted by molar-refractivity contribution is 0.150. The van der Waals surface area contributed by atoms with Gasteiger partial charge in [0.2, 0.25) is 5.13 Å². The van der Waals surface area contributed by atoms with Gasteiger partial charge in [0.05, 0.1) is 11.5 Å². The van der Waals surface area contributed by atoms with Crippen molar-refractivity contribution in [2.45, 2.75) is 25.2 Å². The minimum Gasteiger partial charge on any atom is -0.381 e. The van der Waals surface area contributed by atoms with E-state index in [1.165, 1.54) is 17.4 Å². The molecule has 0 unspecified atom stereocenters. The van der Waals surface area contributed by atoms with Crippen LogP contribution in [0.5, 0.6) is 0 Å². The molecule has 1 aromatic heterocycles. The molecule has 1 N–H and O–H groups in total. The number of nitrogens with one attached hydrogen (secondary N) is 1. The average Bonchev–Trinajstić information content (AvgIpc) is 2.88. The maximum atomic E-state index is 12.4. The van der Waals surface area contributed by atoms with Crippen molar-refractivity contribution in [1.82, 2.24) is 10.2 Å². The zero-order chi connectivity index (χ0) is 16.2. The standard InChI is InChI=1S/C13H16ClN3O3S2/c1-3-20-8-7-12-15-16-13(21-12)17-22(18,19)11-6-4-5-10(14)9(11)2/h4-6H,3,7-8H2,1-2H3,(H,16,17). The molecule has 9 heteroatoms. The van der Waals surface area contributed by atoms with Crippen LogP contribution in [-0.4, -0.2) is 31.8 Å². The van der Waals surface area contributed by atoms with Crippen molar-refractivity contribution in [3.63, 3.8) is 0 Å². The molecule has 0 atom stereocenters. The molecule has 0 radical (unpaired) electrons. The molecule has 1 aromatic carbocycles. The lowest BCUT2D eigenvalue weighted by Gasteiger charge is -2.08. The van der Waals surface area contributed by atoms with E-state index in [0.717, 1.165) is 0 Å². The third-order valence-corrected chi connectivity index (χ3v) is 5.78. The average molecular weight is 362 g/mol. The van der Waals surface area contributed by atoms with Crippen molar-refractivity contribution in [1.29, 1.82) is 0 Å². The lowest BCUT2D eigenvalue weighted by Crippen LogP contribution is -2.14. The summed E-state index contributed by atoms with van der Waals surface area (Å²) in [6.45, 7) is 4.73. The maximum absolute atomic E-state index is 12.4. The van der Waals surface area contributed by atoms with E-state index in [1.807, 2.05) is 6.92 Å². The van der Waals surface area contributed by atoms with Gasteiger partial charge in [-0.25, -0.2) is 8.42 Å². The monoisotopic (exact) mass is 361 g/mol. The van der Waals surface area contributed by atoms with E-state index in [2.05, 4.69) is 14.9 Å². The number of hydrogen-bond acceptors (Lipinski definition) is 6. The summed E-state index contributed by atoms with van der Waals surface area (Å²) in [6.07, 6.45) is 0.601. The fourth-order valence-electron chi connectivity index (χ4n) is 1.75. The largest absolute Gasteiger partial charge is 0.381 e. The number of ether oxygens (including phenoxy) is 1. The fraction of sp³-hybridized carbons (Fsp3) is 0.385. The molecule has 6 nitrogen and oxygen atoms in total.